The standard InChI is InChI=1S/C52H32N2O/c1-2-13-34(14-3-1)38-27-30-49(52-51(38)41-20-8-11-24-50(41)55-52)54-46-22-10-7-19-40(46)43-32-36(26-29-48(43)54)35-25-28-47-42(31-35)39-18-6-9-21-45(39)53(47)44-23-12-16-33-15-4-5-17-37(33)44/h1-32H. The van der Waals surface area contributed by atoms with Crippen molar-refractivity contribution in [2.45, 2.75) is 0 Å². The Morgan fingerprint density at radius 1 is 0.327 bits per heavy atom. The summed E-state index contributed by atoms with van der Waals surface area (Å²) in [6.45, 7) is 0. The van der Waals surface area contributed by atoms with Gasteiger partial charge in [-0.1, -0.05) is 140 Å². The fourth-order valence-corrected chi connectivity index (χ4v) is 9.08. The summed E-state index contributed by atoms with van der Waals surface area (Å²) in [5.41, 5.74) is 13.4. The molecule has 3 nitrogen and oxygen atoms in total. The van der Waals surface area contributed by atoms with Crippen LogP contribution in [0.5, 0.6) is 0 Å². The highest BCUT2D eigenvalue weighted by atomic mass is 16.3. The number of fused-ring (bicyclic) bond motifs is 10. The predicted octanol–water partition coefficient (Wildman–Crippen LogP) is 14.3. The van der Waals surface area contributed by atoms with Gasteiger partial charge in [-0.05, 0) is 82.2 Å². The number of aromatic nitrogens is 2. The van der Waals surface area contributed by atoms with Crippen LogP contribution in [-0.4, -0.2) is 9.13 Å². The minimum Gasteiger partial charge on any atom is -0.454 e. The highest BCUT2D eigenvalue weighted by Gasteiger charge is 2.21. The number of benzene rings is 9. The van der Waals surface area contributed by atoms with Gasteiger partial charge in [-0.3, -0.25) is 0 Å². The monoisotopic (exact) mass is 700 g/mol. The van der Waals surface area contributed by atoms with E-state index in [1.165, 1.54) is 71.3 Å². The van der Waals surface area contributed by atoms with Gasteiger partial charge in [0, 0.05) is 37.7 Å². The van der Waals surface area contributed by atoms with E-state index in [2.05, 4.69) is 197 Å². The number of furan rings is 1. The molecule has 0 fully saturated rings. The third kappa shape index (κ3) is 4.38. The van der Waals surface area contributed by atoms with Gasteiger partial charge < -0.3 is 13.6 Å². The summed E-state index contributed by atoms with van der Waals surface area (Å²) < 4.78 is 11.6. The molecule has 3 aromatic heterocycles. The van der Waals surface area contributed by atoms with Crippen LogP contribution in [0.3, 0.4) is 0 Å². The Labute approximate surface area is 316 Å². The average Bonchev–Trinajstić information content (AvgIpc) is 3.91. The van der Waals surface area contributed by atoms with Gasteiger partial charge in [-0.15, -0.1) is 0 Å². The first-order valence-electron chi connectivity index (χ1n) is 18.9. The van der Waals surface area contributed by atoms with Crippen LogP contribution in [0.2, 0.25) is 0 Å². The van der Waals surface area contributed by atoms with E-state index >= 15 is 0 Å². The molecule has 256 valence electrons. The number of hydrogen-bond acceptors (Lipinski definition) is 1. The first-order valence-corrected chi connectivity index (χ1v) is 18.9. The van der Waals surface area contributed by atoms with E-state index in [0.717, 1.165) is 38.7 Å². The summed E-state index contributed by atoms with van der Waals surface area (Å²) in [6.07, 6.45) is 0. The van der Waals surface area contributed by atoms with Gasteiger partial charge in [0.05, 0.1) is 33.4 Å². The topological polar surface area (TPSA) is 23.0 Å². The van der Waals surface area contributed by atoms with Gasteiger partial charge in [-0.2, -0.15) is 0 Å². The molecule has 3 heterocycles. The molecule has 12 rings (SSSR count). The van der Waals surface area contributed by atoms with Crippen molar-refractivity contribution in [3.63, 3.8) is 0 Å². The van der Waals surface area contributed by atoms with Crippen molar-refractivity contribution in [1.82, 2.24) is 9.13 Å². The number of rotatable bonds is 4. The molecule has 0 unspecified atom stereocenters. The molecular weight excluding hydrogens is 669 g/mol. The first kappa shape index (κ1) is 30.1. The van der Waals surface area contributed by atoms with Crippen molar-refractivity contribution in [2.75, 3.05) is 0 Å². The lowest BCUT2D eigenvalue weighted by atomic mass is 9.98. The van der Waals surface area contributed by atoms with Crippen molar-refractivity contribution in [3.8, 4) is 33.6 Å². The zero-order chi connectivity index (χ0) is 36.0. The third-order valence-corrected chi connectivity index (χ3v) is 11.5. The highest BCUT2D eigenvalue weighted by Crippen LogP contribution is 2.43. The Morgan fingerprint density at radius 2 is 0.873 bits per heavy atom. The summed E-state index contributed by atoms with van der Waals surface area (Å²) in [5, 5.41) is 9.66. The summed E-state index contributed by atoms with van der Waals surface area (Å²) >= 11 is 0. The van der Waals surface area contributed by atoms with Crippen LogP contribution in [0.4, 0.5) is 0 Å². The second kappa shape index (κ2) is 11.6. The summed E-state index contributed by atoms with van der Waals surface area (Å²) in [7, 11) is 0. The summed E-state index contributed by atoms with van der Waals surface area (Å²) in [4.78, 5) is 0. The molecule has 0 saturated carbocycles. The molecule has 0 spiro atoms. The van der Waals surface area contributed by atoms with Crippen LogP contribution in [0, 0.1) is 0 Å². The van der Waals surface area contributed by atoms with Crippen LogP contribution in [-0.2, 0) is 0 Å². The van der Waals surface area contributed by atoms with Crippen LogP contribution < -0.4 is 0 Å². The molecule has 12 aromatic rings. The van der Waals surface area contributed by atoms with Crippen LogP contribution in [0.15, 0.2) is 199 Å². The van der Waals surface area contributed by atoms with Crippen LogP contribution >= 0.6 is 0 Å². The van der Waals surface area contributed by atoms with Crippen molar-refractivity contribution in [2.24, 2.45) is 0 Å². The second-order valence-corrected chi connectivity index (χ2v) is 14.5. The lowest BCUT2D eigenvalue weighted by Gasteiger charge is -2.12. The maximum absolute atomic E-state index is 6.77. The average molecular weight is 701 g/mol. The van der Waals surface area contributed by atoms with Crippen LogP contribution in [0.1, 0.15) is 0 Å². The van der Waals surface area contributed by atoms with Gasteiger partial charge in [0.15, 0.2) is 5.58 Å². The van der Waals surface area contributed by atoms with E-state index < -0.39 is 0 Å². The van der Waals surface area contributed by atoms with Gasteiger partial charge >= 0.3 is 0 Å². The Kier molecular flexibility index (Phi) is 6.34. The van der Waals surface area contributed by atoms with Gasteiger partial charge in [0.1, 0.15) is 5.58 Å². The van der Waals surface area contributed by atoms with Crippen molar-refractivity contribution < 1.29 is 4.42 Å². The largest absolute Gasteiger partial charge is 0.454 e. The molecule has 0 saturated heterocycles. The molecule has 0 aliphatic carbocycles. The van der Waals surface area contributed by atoms with E-state index in [9.17, 15) is 0 Å². The maximum Gasteiger partial charge on any atom is 0.160 e. The molecule has 55 heavy (non-hydrogen) atoms. The summed E-state index contributed by atoms with van der Waals surface area (Å²) in [6, 6.07) is 70.1. The highest BCUT2D eigenvalue weighted by molar-refractivity contribution is 6.17. The number of nitrogens with zero attached hydrogens (tertiary/aromatic N) is 2. The Bertz CT molecular complexity index is 3480. The van der Waals surface area contributed by atoms with Crippen molar-refractivity contribution in [3.05, 3.63) is 194 Å². The molecule has 0 amide bonds. The Morgan fingerprint density at radius 3 is 1.58 bits per heavy atom. The number of para-hydroxylation sites is 3. The normalized spacial score (nSPS) is 12.0. The molecule has 3 heteroatoms. The molecule has 9 aromatic carbocycles. The predicted molar refractivity (Wildman–Crippen MR) is 231 cm³/mol. The number of hydrogen-bond donors (Lipinski definition) is 0. The Balaban J connectivity index is 1.07. The minimum atomic E-state index is 0.891. The van der Waals surface area contributed by atoms with E-state index in [-0.39, 0.29) is 0 Å². The zero-order valence-electron chi connectivity index (χ0n) is 29.8. The summed E-state index contributed by atoms with van der Waals surface area (Å²) in [5.74, 6) is 0. The van der Waals surface area contributed by atoms with Gasteiger partial charge in [0.25, 0.3) is 0 Å². The van der Waals surface area contributed by atoms with E-state index in [1.54, 1.807) is 0 Å². The maximum atomic E-state index is 6.77. The van der Waals surface area contributed by atoms with Gasteiger partial charge in [0.2, 0.25) is 0 Å². The van der Waals surface area contributed by atoms with E-state index in [0.29, 0.717) is 0 Å². The van der Waals surface area contributed by atoms with Crippen molar-refractivity contribution >= 4 is 76.3 Å². The van der Waals surface area contributed by atoms with Crippen LogP contribution in [0.25, 0.3) is 110 Å². The second-order valence-electron chi connectivity index (χ2n) is 14.5. The Hall–Kier alpha value is -7.36. The molecule has 0 aliphatic rings. The molecule has 0 radical (unpaired) electrons. The van der Waals surface area contributed by atoms with Crippen molar-refractivity contribution in [1.29, 1.82) is 0 Å². The SMILES string of the molecule is c1ccc(-c2ccc(-n3c4ccccc4c4cc(-c5ccc6c(c5)c5ccccc5n6-c5cccc6ccccc56)ccc43)c3oc4ccccc4c23)cc1. The minimum absolute atomic E-state index is 0.891. The lowest BCUT2D eigenvalue weighted by molar-refractivity contribution is 0.666. The smallest absolute Gasteiger partial charge is 0.160 e. The molecule has 0 bridgehead atoms. The quantitative estimate of drug-likeness (QED) is 0.179. The molecular formula is C52H32N2O. The molecule has 0 N–H and O–H groups in total. The lowest BCUT2D eigenvalue weighted by Crippen LogP contribution is -1.95. The van der Waals surface area contributed by atoms with Gasteiger partial charge in [-0.25, -0.2) is 0 Å². The first-order chi connectivity index (χ1) is 27.3. The molecule has 0 atom stereocenters. The zero-order valence-corrected chi connectivity index (χ0v) is 29.8. The third-order valence-electron chi connectivity index (χ3n) is 11.5. The molecule has 0 aliphatic heterocycles. The van der Waals surface area contributed by atoms with E-state index in [4.69, 9.17) is 4.42 Å². The fraction of sp³-hybridized carbons (Fsp3) is 0. The fourth-order valence-electron chi connectivity index (χ4n) is 9.08. The van der Waals surface area contributed by atoms with E-state index in [1.807, 2.05) is 6.07 Å².